The van der Waals surface area contributed by atoms with Crippen molar-refractivity contribution < 1.29 is 15.0 Å². The van der Waals surface area contributed by atoms with Gasteiger partial charge < -0.3 is 14.8 Å². The van der Waals surface area contributed by atoms with Crippen molar-refractivity contribution >= 4 is 17.7 Å². The van der Waals surface area contributed by atoms with Crippen molar-refractivity contribution in [1.82, 2.24) is 14.8 Å². The Balaban J connectivity index is 2.76. The zero-order valence-electron chi connectivity index (χ0n) is 11.4. The van der Waals surface area contributed by atoms with Crippen LogP contribution in [0, 0.1) is 0 Å². The summed E-state index contributed by atoms with van der Waals surface area (Å²) < 4.78 is 1.85. The molecule has 6 nitrogen and oxygen atoms in total. The van der Waals surface area contributed by atoms with Gasteiger partial charge >= 0.3 is 5.97 Å². The first-order chi connectivity index (χ1) is 9.10. The number of nitrogens with zero attached hydrogens (tertiary/aromatic N) is 3. The van der Waals surface area contributed by atoms with Gasteiger partial charge in [-0.1, -0.05) is 37.9 Å². The molecule has 1 heterocycles. The molecule has 0 spiro atoms. The van der Waals surface area contributed by atoms with Gasteiger partial charge in [0.05, 0.1) is 5.75 Å². The van der Waals surface area contributed by atoms with E-state index in [-0.39, 0.29) is 18.4 Å². The highest BCUT2D eigenvalue weighted by Crippen LogP contribution is 2.25. The lowest BCUT2D eigenvalue weighted by molar-refractivity contribution is -0.133. The van der Waals surface area contributed by atoms with Gasteiger partial charge in [-0.05, 0) is 13.3 Å². The summed E-state index contributed by atoms with van der Waals surface area (Å²) in [6.07, 6.45) is 4.39. The molecule has 0 fully saturated rings. The van der Waals surface area contributed by atoms with E-state index in [1.807, 2.05) is 11.5 Å². The summed E-state index contributed by atoms with van der Waals surface area (Å²) in [6.45, 7) is 4.01. The summed E-state index contributed by atoms with van der Waals surface area (Å²) in [5, 5.41) is 26.4. The van der Waals surface area contributed by atoms with Crippen LogP contribution in [0.5, 0.6) is 0 Å². The molecule has 1 aromatic rings. The molecule has 0 aromatic carbocycles. The van der Waals surface area contributed by atoms with Crippen molar-refractivity contribution in [1.29, 1.82) is 0 Å². The van der Waals surface area contributed by atoms with E-state index in [1.165, 1.54) is 6.42 Å². The van der Waals surface area contributed by atoms with Crippen molar-refractivity contribution in [2.45, 2.75) is 57.3 Å². The van der Waals surface area contributed by atoms with Crippen LogP contribution in [-0.4, -0.2) is 36.7 Å². The number of aliphatic hydroxyl groups is 1. The summed E-state index contributed by atoms with van der Waals surface area (Å²) in [5.41, 5.74) is 0. The van der Waals surface area contributed by atoms with E-state index in [1.54, 1.807) is 0 Å². The highest BCUT2D eigenvalue weighted by Gasteiger charge is 2.17. The molecule has 1 aromatic heterocycles. The number of hydrogen-bond donors (Lipinski definition) is 2. The van der Waals surface area contributed by atoms with E-state index in [4.69, 9.17) is 5.11 Å². The third-order valence-corrected chi connectivity index (χ3v) is 3.80. The quantitative estimate of drug-likeness (QED) is 0.534. The second-order valence-corrected chi connectivity index (χ2v) is 5.40. The maximum Gasteiger partial charge on any atom is 0.313 e. The van der Waals surface area contributed by atoms with Crippen molar-refractivity contribution in [3.05, 3.63) is 5.82 Å². The Morgan fingerprint density at radius 2 is 2.16 bits per heavy atom. The summed E-state index contributed by atoms with van der Waals surface area (Å²) >= 11 is 1.14. The highest BCUT2D eigenvalue weighted by molar-refractivity contribution is 7.99. The normalized spacial score (nSPS) is 12.6. The van der Waals surface area contributed by atoms with Gasteiger partial charge in [0.2, 0.25) is 0 Å². The standard InChI is InChI=1S/C12H21N3O3S/c1-3-4-5-6-9(2)15-10(7-16)13-14-12(15)19-8-11(17)18/h9,16H,3-8H2,1-2H3,(H,17,18). The van der Waals surface area contributed by atoms with Crippen LogP contribution in [0.15, 0.2) is 5.16 Å². The van der Waals surface area contributed by atoms with E-state index in [0.29, 0.717) is 11.0 Å². The number of thioether (sulfide) groups is 1. The molecular weight excluding hydrogens is 266 g/mol. The maximum absolute atomic E-state index is 10.6. The van der Waals surface area contributed by atoms with Crippen molar-refractivity contribution in [3.8, 4) is 0 Å². The van der Waals surface area contributed by atoms with Crippen LogP contribution in [0.25, 0.3) is 0 Å². The number of carboxylic acids is 1. The number of rotatable bonds is 9. The van der Waals surface area contributed by atoms with Gasteiger partial charge in [-0.3, -0.25) is 4.79 Å². The molecule has 0 aliphatic heterocycles. The fourth-order valence-electron chi connectivity index (χ4n) is 1.90. The molecule has 2 N–H and O–H groups in total. The second kappa shape index (κ2) is 8.16. The molecule has 1 rings (SSSR count). The molecule has 1 atom stereocenters. The van der Waals surface area contributed by atoms with Gasteiger partial charge in [-0.2, -0.15) is 0 Å². The highest BCUT2D eigenvalue weighted by atomic mass is 32.2. The van der Waals surface area contributed by atoms with Gasteiger partial charge in [0.1, 0.15) is 6.61 Å². The molecule has 19 heavy (non-hydrogen) atoms. The maximum atomic E-state index is 10.6. The molecule has 0 saturated heterocycles. The molecule has 0 aliphatic rings. The third-order valence-electron chi connectivity index (χ3n) is 2.87. The lowest BCUT2D eigenvalue weighted by Gasteiger charge is -2.17. The molecule has 0 saturated carbocycles. The minimum absolute atomic E-state index is 0.0504. The predicted octanol–water partition coefficient (Wildman–Crippen LogP) is 2.09. The molecule has 7 heteroatoms. The Morgan fingerprint density at radius 1 is 1.42 bits per heavy atom. The monoisotopic (exact) mass is 287 g/mol. The van der Waals surface area contributed by atoms with E-state index in [9.17, 15) is 9.90 Å². The number of unbranched alkanes of at least 4 members (excludes halogenated alkanes) is 2. The number of aliphatic carboxylic acids is 1. The first kappa shape index (κ1) is 16.0. The molecule has 0 aliphatic carbocycles. The third kappa shape index (κ3) is 4.83. The number of aliphatic hydroxyl groups excluding tert-OH is 1. The van der Waals surface area contributed by atoms with Gasteiger partial charge in [0.25, 0.3) is 0 Å². The Hall–Kier alpha value is -1.08. The average Bonchev–Trinajstić information content (AvgIpc) is 2.79. The summed E-state index contributed by atoms with van der Waals surface area (Å²) in [4.78, 5) is 10.6. The molecular formula is C12H21N3O3S. The van der Waals surface area contributed by atoms with E-state index in [2.05, 4.69) is 17.1 Å². The SMILES string of the molecule is CCCCCC(C)n1c(CO)nnc1SCC(=O)O. The Morgan fingerprint density at radius 3 is 2.74 bits per heavy atom. The summed E-state index contributed by atoms with van der Waals surface area (Å²) in [5.74, 6) is -0.439. The van der Waals surface area contributed by atoms with Gasteiger partial charge in [0.15, 0.2) is 11.0 Å². The first-order valence-corrected chi connectivity index (χ1v) is 7.47. The van der Waals surface area contributed by atoms with Crippen molar-refractivity contribution in [2.24, 2.45) is 0 Å². The first-order valence-electron chi connectivity index (χ1n) is 6.49. The molecule has 0 bridgehead atoms. The van der Waals surface area contributed by atoms with Crippen molar-refractivity contribution in [3.63, 3.8) is 0 Å². The van der Waals surface area contributed by atoms with Crippen LogP contribution in [-0.2, 0) is 11.4 Å². The minimum Gasteiger partial charge on any atom is -0.481 e. The Labute approximate surface area is 117 Å². The summed E-state index contributed by atoms with van der Waals surface area (Å²) in [7, 11) is 0. The lowest BCUT2D eigenvalue weighted by atomic mass is 10.1. The molecule has 0 amide bonds. The Bertz CT molecular complexity index is 409. The molecule has 1 unspecified atom stereocenters. The predicted molar refractivity (Wildman–Crippen MR) is 73.2 cm³/mol. The van der Waals surface area contributed by atoms with Crippen molar-refractivity contribution in [2.75, 3.05) is 5.75 Å². The summed E-state index contributed by atoms with van der Waals surface area (Å²) in [6, 6.07) is 0.167. The largest absolute Gasteiger partial charge is 0.481 e. The smallest absolute Gasteiger partial charge is 0.313 e. The van der Waals surface area contributed by atoms with Crippen LogP contribution in [0.4, 0.5) is 0 Å². The zero-order chi connectivity index (χ0) is 14.3. The number of aromatic nitrogens is 3. The van der Waals surface area contributed by atoms with Crippen LogP contribution in [0.3, 0.4) is 0 Å². The van der Waals surface area contributed by atoms with Crippen LogP contribution >= 0.6 is 11.8 Å². The van der Waals surface area contributed by atoms with Gasteiger partial charge in [-0.25, -0.2) is 0 Å². The van der Waals surface area contributed by atoms with Crippen LogP contribution < -0.4 is 0 Å². The van der Waals surface area contributed by atoms with E-state index < -0.39 is 5.97 Å². The number of carboxylic acid groups (broad SMARTS) is 1. The van der Waals surface area contributed by atoms with E-state index in [0.717, 1.165) is 31.0 Å². The minimum atomic E-state index is -0.885. The fourth-order valence-corrected chi connectivity index (χ4v) is 2.68. The Kier molecular flexibility index (Phi) is 6.86. The van der Waals surface area contributed by atoms with E-state index >= 15 is 0 Å². The second-order valence-electron chi connectivity index (χ2n) is 4.45. The average molecular weight is 287 g/mol. The van der Waals surface area contributed by atoms with Crippen LogP contribution in [0.2, 0.25) is 0 Å². The fraction of sp³-hybridized carbons (Fsp3) is 0.750. The topological polar surface area (TPSA) is 88.2 Å². The van der Waals surface area contributed by atoms with Crippen LogP contribution in [0.1, 0.15) is 51.4 Å². The van der Waals surface area contributed by atoms with Gasteiger partial charge in [-0.15, -0.1) is 10.2 Å². The lowest BCUT2D eigenvalue weighted by Crippen LogP contribution is -2.12. The number of carbonyl (C=O) groups is 1. The molecule has 0 radical (unpaired) electrons. The molecule has 108 valence electrons. The zero-order valence-corrected chi connectivity index (χ0v) is 12.2. The number of hydrogen-bond acceptors (Lipinski definition) is 5. The van der Waals surface area contributed by atoms with Gasteiger partial charge in [0, 0.05) is 6.04 Å².